The van der Waals surface area contributed by atoms with E-state index in [1.165, 1.54) is 47.8 Å². The number of aliphatic hydroxyl groups is 3. The molecular weight excluding hydrogens is 444 g/mol. The minimum Gasteiger partial charge on any atom is -0.507 e. The molecule has 170 valence electrons. The summed E-state index contributed by atoms with van der Waals surface area (Å²) in [4.78, 5) is 0. The topological polar surface area (TPSA) is 151 Å². The van der Waals surface area contributed by atoms with Gasteiger partial charge in [-0.2, -0.15) is 11.8 Å². The number of hydrogen-bond donors (Lipinski definition) is 7. The predicted molar refractivity (Wildman–Crippen MR) is 119 cm³/mol. The van der Waals surface area contributed by atoms with Crippen molar-refractivity contribution in [3.63, 3.8) is 0 Å². The fraction of sp³-hybridized carbons (Fsp3) is 0.429. The summed E-state index contributed by atoms with van der Waals surface area (Å²) in [5.41, 5.74) is 1.13. The van der Waals surface area contributed by atoms with Crippen molar-refractivity contribution in [1.29, 1.82) is 0 Å². The minimum atomic E-state index is -1.16. The molecule has 4 unspecified atom stereocenters. The van der Waals surface area contributed by atoms with Gasteiger partial charge < -0.3 is 40.5 Å². The van der Waals surface area contributed by atoms with Crippen molar-refractivity contribution < 1.29 is 40.5 Å². The lowest BCUT2D eigenvalue weighted by atomic mass is 9.91. The van der Waals surface area contributed by atoms with Crippen molar-refractivity contribution in [3.05, 3.63) is 41.0 Å². The summed E-state index contributed by atoms with van der Waals surface area (Å²) in [5.74, 6) is -0.166. The van der Waals surface area contributed by atoms with Crippen LogP contribution in [0.3, 0.4) is 0 Å². The second kappa shape index (κ2) is 10.1. The SMILES string of the molecule is CC(SCCO)c1c(O)cc(O)c2c1OC(c1ccc(O)c(O)c1)C(O)C2SCCO. The molecule has 0 saturated carbocycles. The van der Waals surface area contributed by atoms with Gasteiger partial charge in [-0.1, -0.05) is 6.07 Å². The van der Waals surface area contributed by atoms with Gasteiger partial charge in [-0.25, -0.2) is 0 Å². The molecule has 0 spiro atoms. The quantitative estimate of drug-likeness (QED) is 0.287. The van der Waals surface area contributed by atoms with Crippen LogP contribution >= 0.6 is 23.5 Å². The largest absolute Gasteiger partial charge is 0.507 e. The lowest BCUT2D eigenvalue weighted by molar-refractivity contribution is 0.0167. The molecular formula is C21H26O8S2. The van der Waals surface area contributed by atoms with Crippen molar-refractivity contribution in [2.24, 2.45) is 0 Å². The molecule has 0 fully saturated rings. The number of phenolic OH excluding ortho intramolecular Hbond substituents is 4. The molecule has 2 aromatic carbocycles. The molecule has 0 radical (unpaired) electrons. The number of fused-ring (bicyclic) bond motifs is 1. The minimum absolute atomic E-state index is 0.0417. The Morgan fingerprint density at radius 2 is 1.65 bits per heavy atom. The van der Waals surface area contributed by atoms with Crippen LogP contribution < -0.4 is 4.74 Å². The highest BCUT2D eigenvalue weighted by Gasteiger charge is 2.42. The molecule has 0 bridgehead atoms. The lowest BCUT2D eigenvalue weighted by Gasteiger charge is -2.38. The van der Waals surface area contributed by atoms with Gasteiger partial charge in [-0.3, -0.25) is 0 Å². The molecule has 3 rings (SSSR count). The monoisotopic (exact) mass is 470 g/mol. The molecule has 0 aliphatic carbocycles. The van der Waals surface area contributed by atoms with Gasteiger partial charge in [0.05, 0.1) is 24.0 Å². The number of aliphatic hydroxyl groups excluding tert-OH is 3. The molecule has 31 heavy (non-hydrogen) atoms. The zero-order valence-corrected chi connectivity index (χ0v) is 18.4. The third-order valence-electron chi connectivity index (χ3n) is 5.05. The Labute approximate surface area is 188 Å². The van der Waals surface area contributed by atoms with Gasteiger partial charge in [-0.15, -0.1) is 11.8 Å². The van der Waals surface area contributed by atoms with Crippen molar-refractivity contribution in [1.82, 2.24) is 0 Å². The summed E-state index contributed by atoms with van der Waals surface area (Å²) in [6.07, 6.45) is -2.12. The van der Waals surface area contributed by atoms with E-state index in [0.717, 1.165) is 0 Å². The first kappa shape index (κ1) is 23.7. The Kier molecular flexibility index (Phi) is 7.71. The number of phenols is 4. The molecule has 0 saturated heterocycles. The van der Waals surface area contributed by atoms with Gasteiger partial charge >= 0.3 is 0 Å². The maximum Gasteiger partial charge on any atom is 0.157 e. The van der Waals surface area contributed by atoms with E-state index in [1.807, 2.05) is 6.92 Å². The molecule has 1 aliphatic heterocycles. The zero-order valence-electron chi connectivity index (χ0n) is 16.8. The molecule has 0 amide bonds. The van der Waals surface area contributed by atoms with E-state index in [-0.39, 0.29) is 47.2 Å². The fourth-order valence-corrected chi connectivity index (χ4v) is 5.59. The van der Waals surface area contributed by atoms with E-state index in [4.69, 9.17) is 9.84 Å². The number of rotatable bonds is 8. The van der Waals surface area contributed by atoms with E-state index in [2.05, 4.69) is 0 Å². The second-order valence-corrected chi connectivity index (χ2v) is 9.80. The average Bonchev–Trinajstić information content (AvgIpc) is 2.73. The normalized spacial score (nSPS) is 21.4. The van der Waals surface area contributed by atoms with Crippen LogP contribution in [0.4, 0.5) is 0 Å². The van der Waals surface area contributed by atoms with Crippen molar-refractivity contribution >= 4 is 23.5 Å². The molecule has 10 heteroatoms. The van der Waals surface area contributed by atoms with Crippen molar-refractivity contribution in [3.8, 4) is 28.7 Å². The number of benzene rings is 2. The smallest absolute Gasteiger partial charge is 0.157 e. The number of ether oxygens (including phenoxy) is 1. The summed E-state index contributed by atoms with van der Waals surface area (Å²) in [5, 5.41) is 69.3. The second-order valence-electron chi connectivity index (χ2n) is 7.10. The highest BCUT2D eigenvalue weighted by Crippen LogP contribution is 2.56. The van der Waals surface area contributed by atoms with E-state index in [0.29, 0.717) is 28.2 Å². The lowest BCUT2D eigenvalue weighted by Crippen LogP contribution is -2.34. The number of aromatic hydroxyl groups is 4. The van der Waals surface area contributed by atoms with Gasteiger partial charge in [0.2, 0.25) is 0 Å². The number of hydrogen-bond acceptors (Lipinski definition) is 10. The van der Waals surface area contributed by atoms with Crippen LogP contribution in [0.25, 0.3) is 0 Å². The standard InChI is InChI=1S/C21H26O8S2/c1-10(30-6-4-22)16-14(26)9-15(27)17-20(16)29-19(18(28)21(17)31-7-5-23)11-2-3-12(24)13(25)8-11/h2-3,8-10,18-19,21-28H,4-7H2,1H3. The molecule has 1 aliphatic rings. The summed E-state index contributed by atoms with van der Waals surface area (Å²) in [7, 11) is 0. The van der Waals surface area contributed by atoms with Gasteiger partial charge in [0.1, 0.15) is 23.4 Å². The van der Waals surface area contributed by atoms with Crippen LogP contribution in [-0.2, 0) is 0 Å². The van der Waals surface area contributed by atoms with Crippen LogP contribution in [0.2, 0.25) is 0 Å². The summed E-state index contributed by atoms with van der Waals surface area (Å²) < 4.78 is 6.11. The molecule has 7 N–H and O–H groups in total. The van der Waals surface area contributed by atoms with E-state index < -0.39 is 17.5 Å². The van der Waals surface area contributed by atoms with Gasteiger partial charge in [0.25, 0.3) is 0 Å². The molecule has 0 aromatic heterocycles. The van der Waals surface area contributed by atoms with E-state index in [9.17, 15) is 30.6 Å². The van der Waals surface area contributed by atoms with Crippen molar-refractivity contribution in [2.75, 3.05) is 24.7 Å². The predicted octanol–water partition coefficient (Wildman–Crippen LogP) is 2.56. The highest BCUT2D eigenvalue weighted by atomic mass is 32.2. The molecule has 2 aromatic rings. The first-order chi connectivity index (χ1) is 14.8. The first-order valence-corrected chi connectivity index (χ1v) is 11.8. The zero-order chi connectivity index (χ0) is 22.7. The fourth-order valence-electron chi connectivity index (χ4n) is 3.64. The maximum absolute atomic E-state index is 11.1. The van der Waals surface area contributed by atoms with Gasteiger partial charge in [0.15, 0.2) is 17.6 Å². The Morgan fingerprint density at radius 1 is 0.935 bits per heavy atom. The summed E-state index contributed by atoms with van der Waals surface area (Å²) in [6, 6.07) is 5.29. The Balaban J connectivity index is 2.15. The maximum atomic E-state index is 11.1. The Hall–Kier alpha value is -1.98. The van der Waals surface area contributed by atoms with E-state index in [1.54, 1.807) is 0 Å². The highest BCUT2D eigenvalue weighted by molar-refractivity contribution is 7.99. The van der Waals surface area contributed by atoms with Crippen LogP contribution in [0.15, 0.2) is 24.3 Å². The third-order valence-corrected chi connectivity index (χ3v) is 7.49. The summed E-state index contributed by atoms with van der Waals surface area (Å²) in [6.45, 7) is 1.65. The third kappa shape index (κ3) is 4.78. The van der Waals surface area contributed by atoms with E-state index >= 15 is 0 Å². The van der Waals surface area contributed by atoms with Crippen LogP contribution in [0.5, 0.6) is 28.7 Å². The molecule has 1 heterocycles. The van der Waals surface area contributed by atoms with Crippen LogP contribution in [-0.4, -0.2) is 66.6 Å². The van der Waals surface area contributed by atoms with Crippen molar-refractivity contribution in [2.45, 2.75) is 29.6 Å². The first-order valence-electron chi connectivity index (χ1n) is 9.70. The van der Waals surface area contributed by atoms with Gasteiger partial charge in [-0.05, 0) is 24.6 Å². The summed E-state index contributed by atoms with van der Waals surface area (Å²) >= 11 is 2.62. The Bertz CT molecular complexity index is 923. The van der Waals surface area contributed by atoms with Crippen LogP contribution in [0, 0.1) is 0 Å². The Morgan fingerprint density at radius 3 is 2.29 bits per heavy atom. The number of thioether (sulfide) groups is 2. The average molecular weight is 471 g/mol. The van der Waals surface area contributed by atoms with Crippen LogP contribution in [0.1, 0.15) is 40.2 Å². The molecule has 8 nitrogen and oxygen atoms in total. The van der Waals surface area contributed by atoms with Gasteiger partial charge in [0, 0.05) is 28.4 Å². The molecule has 4 atom stereocenters.